The summed E-state index contributed by atoms with van der Waals surface area (Å²) >= 11 is 0. The molecule has 0 unspecified atom stereocenters. The minimum atomic E-state index is -4.02. The van der Waals surface area contributed by atoms with Gasteiger partial charge >= 0.3 is 5.97 Å². The van der Waals surface area contributed by atoms with Crippen LogP contribution in [0.2, 0.25) is 0 Å². The second-order valence-corrected chi connectivity index (χ2v) is 7.78. The Morgan fingerprint density at radius 2 is 1.61 bits per heavy atom. The van der Waals surface area contributed by atoms with E-state index in [2.05, 4.69) is 0 Å². The van der Waals surface area contributed by atoms with Gasteiger partial charge in [-0.25, -0.2) is 4.79 Å². The summed E-state index contributed by atoms with van der Waals surface area (Å²) in [5.41, 5.74) is 1.39. The monoisotopic (exact) mass is 407 g/mol. The van der Waals surface area contributed by atoms with Crippen LogP contribution in [0.15, 0.2) is 59.5 Å². The van der Waals surface area contributed by atoms with Crippen LogP contribution in [0.4, 0.5) is 0 Å². The molecule has 8 nitrogen and oxygen atoms in total. The van der Waals surface area contributed by atoms with Gasteiger partial charge in [0.1, 0.15) is 6.04 Å². The van der Waals surface area contributed by atoms with Gasteiger partial charge in [0.25, 0.3) is 16.0 Å². The number of β-amino-alcohol motifs (C(OH)–C–C–N with tert-alkyl or cyclic N) is 1. The van der Waals surface area contributed by atoms with Crippen molar-refractivity contribution >= 4 is 22.0 Å². The molecule has 150 valence electrons. The maximum Gasteiger partial charge on any atom is 0.326 e. The molecule has 2 aromatic carbocycles. The molecule has 0 aromatic heterocycles. The second-order valence-electron chi connectivity index (χ2n) is 6.36. The van der Waals surface area contributed by atoms with Gasteiger partial charge in [-0.05, 0) is 31.2 Å². The quantitative estimate of drug-likeness (QED) is 0.658. The van der Waals surface area contributed by atoms with E-state index in [-0.39, 0.29) is 23.8 Å². The summed E-state index contributed by atoms with van der Waals surface area (Å²) in [7, 11) is -4.02. The van der Waals surface area contributed by atoms with Gasteiger partial charge in [-0.2, -0.15) is 8.42 Å². The predicted octanol–water partition coefficient (Wildman–Crippen LogP) is 1.59. The lowest BCUT2D eigenvalue weighted by molar-refractivity contribution is -0.141. The molecule has 0 spiro atoms. The van der Waals surface area contributed by atoms with Crippen molar-refractivity contribution in [2.45, 2.75) is 30.4 Å². The van der Waals surface area contributed by atoms with E-state index in [1.54, 1.807) is 42.5 Å². The number of hydrogen-bond acceptors (Lipinski definition) is 5. The van der Waals surface area contributed by atoms with Crippen molar-refractivity contribution in [3.8, 4) is 0 Å². The molecule has 0 bridgehead atoms. The molecular weight excluding hydrogens is 386 g/mol. The van der Waals surface area contributed by atoms with Crippen LogP contribution in [0.25, 0.3) is 0 Å². The number of hydrogen-bond donors (Lipinski definition) is 3. The largest absolute Gasteiger partial charge is 0.480 e. The normalized spacial score (nSPS) is 18.9. The molecule has 2 atom stereocenters. The molecule has 1 aliphatic heterocycles. The van der Waals surface area contributed by atoms with Gasteiger partial charge < -0.3 is 15.1 Å². The molecule has 2 aromatic rings. The molecule has 9 heteroatoms. The van der Waals surface area contributed by atoms with Crippen molar-refractivity contribution in [2.24, 2.45) is 0 Å². The van der Waals surface area contributed by atoms with Crippen LogP contribution in [-0.2, 0) is 14.9 Å². The lowest BCUT2D eigenvalue weighted by Gasteiger charge is -2.21. The number of aliphatic carboxylic acids is 1. The standard InChI is InChI=1S/C12H13NO4.C7H8O3S/c14-9-6-10(12(16)17)13(7-9)11(15)8-4-2-1-3-5-8;1-6-2-4-7(5-3-6)11(8,9)10/h1-5,9-10,14H,6-7H2,(H,16,17);2-5H,1H3,(H,8,9,10)/t9-,10+;/m1./s1. The Morgan fingerprint density at radius 1 is 1.04 bits per heavy atom. The fraction of sp³-hybridized carbons (Fsp3) is 0.263. The van der Waals surface area contributed by atoms with E-state index >= 15 is 0 Å². The molecular formula is C19H21NO7S. The van der Waals surface area contributed by atoms with Gasteiger partial charge in [-0.3, -0.25) is 9.35 Å². The number of carboxylic acid groups (broad SMARTS) is 1. The number of likely N-dealkylation sites (tertiary alicyclic amines) is 1. The van der Waals surface area contributed by atoms with Crippen molar-refractivity contribution in [3.63, 3.8) is 0 Å². The first kappa shape index (κ1) is 21.5. The van der Waals surface area contributed by atoms with E-state index in [0.717, 1.165) is 5.56 Å². The molecule has 0 radical (unpaired) electrons. The maximum atomic E-state index is 12.1. The first-order valence-corrected chi connectivity index (χ1v) is 9.84. The zero-order valence-corrected chi connectivity index (χ0v) is 15.9. The van der Waals surface area contributed by atoms with Crippen LogP contribution in [0.3, 0.4) is 0 Å². The average Bonchev–Trinajstić information content (AvgIpc) is 3.04. The Labute approximate surface area is 162 Å². The minimum Gasteiger partial charge on any atom is -0.480 e. The highest BCUT2D eigenvalue weighted by Gasteiger charge is 2.39. The van der Waals surface area contributed by atoms with Crippen molar-refractivity contribution in [1.82, 2.24) is 4.90 Å². The van der Waals surface area contributed by atoms with E-state index < -0.39 is 28.2 Å². The van der Waals surface area contributed by atoms with Crippen molar-refractivity contribution < 1.29 is 32.8 Å². The highest BCUT2D eigenvalue weighted by Crippen LogP contribution is 2.20. The number of benzene rings is 2. The van der Waals surface area contributed by atoms with Gasteiger partial charge in [-0.1, -0.05) is 35.9 Å². The van der Waals surface area contributed by atoms with Crippen molar-refractivity contribution in [2.75, 3.05) is 6.54 Å². The van der Waals surface area contributed by atoms with Crippen LogP contribution in [0, 0.1) is 6.92 Å². The molecule has 0 aliphatic carbocycles. The zero-order chi connectivity index (χ0) is 20.9. The first-order chi connectivity index (χ1) is 13.1. The highest BCUT2D eigenvalue weighted by atomic mass is 32.2. The summed E-state index contributed by atoms with van der Waals surface area (Å²) in [5.74, 6) is -1.43. The average molecular weight is 407 g/mol. The number of aryl methyl sites for hydroxylation is 1. The number of rotatable bonds is 3. The Hall–Kier alpha value is -2.75. The molecule has 3 N–H and O–H groups in total. The highest BCUT2D eigenvalue weighted by molar-refractivity contribution is 7.85. The number of nitrogens with zero attached hydrogens (tertiary/aromatic N) is 1. The third-order valence-corrected chi connectivity index (χ3v) is 5.03. The summed E-state index contributed by atoms with van der Waals surface area (Å²) in [5, 5.41) is 18.4. The molecule has 0 saturated carbocycles. The van der Waals surface area contributed by atoms with E-state index in [1.165, 1.54) is 17.0 Å². The van der Waals surface area contributed by atoms with Crippen LogP contribution in [0.5, 0.6) is 0 Å². The molecule has 1 saturated heterocycles. The summed E-state index contributed by atoms with van der Waals surface area (Å²) in [6.45, 7) is 1.92. The van der Waals surface area contributed by atoms with Gasteiger partial charge in [0, 0.05) is 18.5 Å². The number of amides is 1. The molecule has 1 heterocycles. The van der Waals surface area contributed by atoms with E-state index in [0.29, 0.717) is 5.56 Å². The van der Waals surface area contributed by atoms with Gasteiger partial charge in [0.2, 0.25) is 0 Å². The lowest BCUT2D eigenvalue weighted by atomic mass is 10.1. The minimum absolute atomic E-state index is 0.0666. The van der Waals surface area contributed by atoms with Crippen LogP contribution in [-0.4, -0.2) is 58.7 Å². The third kappa shape index (κ3) is 5.62. The number of carbonyl (C=O) groups excluding carboxylic acids is 1. The Kier molecular flexibility index (Phi) is 6.90. The van der Waals surface area contributed by atoms with Crippen LogP contribution < -0.4 is 0 Å². The van der Waals surface area contributed by atoms with Crippen LogP contribution >= 0.6 is 0 Å². The lowest BCUT2D eigenvalue weighted by Crippen LogP contribution is -2.40. The van der Waals surface area contributed by atoms with E-state index in [9.17, 15) is 23.1 Å². The fourth-order valence-corrected chi connectivity index (χ4v) is 3.21. The summed E-state index contributed by atoms with van der Waals surface area (Å²) in [6, 6.07) is 13.5. The van der Waals surface area contributed by atoms with Gasteiger partial charge in [-0.15, -0.1) is 0 Å². The van der Waals surface area contributed by atoms with E-state index in [4.69, 9.17) is 9.66 Å². The zero-order valence-electron chi connectivity index (χ0n) is 15.1. The van der Waals surface area contributed by atoms with Gasteiger partial charge in [0.15, 0.2) is 0 Å². The number of aliphatic hydroxyl groups is 1. The Morgan fingerprint density at radius 3 is 2.11 bits per heavy atom. The first-order valence-electron chi connectivity index (χ1n) is 8.40. The smallest absolute Gasteiger partial charge is 0.326 e. The maximum absolute atomic E-state index is 12.1. The van der Waals surface area contributed by atoms with Crippen molar-refractivity contribution in [1.29, 1.82) is 0 Å². The summed E-state index contributed by atoms with van der Waals surface area (Å²) in [6.07, 6.45) is -0.669. The second kappa shape index (κ2) is 8.96. The summed E-state index contributed by atoms with van der Waals surface area (Å²) in [4.78, 5) is 24.2. The number of aliphatic hydroxyl groups excluding tert-OH is 1. The number of carbonyl (C=O) groups is 2. The number of carboxylic acids is 1. The third-order valence-electron chi connectivity index (χ3n) is 4.16. The van der Waals surface area contributed by atoms with E-state index in [1.807, 2.05) is 6.92 Å². The molecule has 28 heavy (non-hydrogen) atoms. The molecule has 1 amide bonds. The molecule has 3 rings (SSSR count). The fourth-order valence-electron chi connectivity index (χ4n) is 2.73. The Bertz CT molecular complexity index is 927. The summed E-state index contributed by atoms with van der Waals surface area (Å²) < 4.78 is 29.6. The van der Waals surface area contributed by atoms with Crippen LogP contribution in [0.1, 0.15) is 22.3 Å². The molecule has 1 fully saturated rings. The Balaban J connectivity index is 0.000000221. The van der Waals surface area contributed by atoms with Crippen molar-refractivity contribution in [3.05, 3.63) is 65.7 Å². The SMILES string of the molecule is Cc1ccc(S(=O)(=O)O)cc1.O=C(O)[C@@H]1C[C@@H](O)CN1C(=O)c1ccccc1. The molecule has 1 aliphatic rings. The predicted molar refractivity (Wildman–Crippen MR) is 101 cm³/mol. The van der Waals surface area contributed by atoms with Gasteiger partial charge in [0.05, 0.1) is 11.0 Å². The topological polar surface area (TPSA) is 132 Å².